The van der Waals surface area contributed by atoms with Crippen molar-refractivity contribution in [3.8, 4) is 0 Å². The summed E-state index contributed by atoms with van der Waals surface area (Å²) in [5.74, 6) is -0.0829. The van der Waals surface area contributed by atoms with E-state index in [-0.39, 0.29) is 17.8 Å². The van der Waals surface area contributed by atoms with Crippen molar-refractivity contribution in [2.24, 2.45) is 16.5 Å². The maximum atomic E-state index is 12.9. The van der Waals surface area contributed by atoms with Gasteiger partial charge >= 0.3 is 0 Å². The number of carbonyl (C=O) groups excluding carboxylic acids is 2. The second kappa shape index (κ2) is 36.8. The summed E-state index contributed by atoms with van der Waals surface area (Å²) in [6, 6.07) is -0.536. The predicted octanol–water partition coefficient (Wildman–Crippen LogP) is 10.2. The van der Waals surface area contributed by atoms with Crippen LogP contribution >= 0.6 is 0 Å². The third-order valence-corrected chi connectivity index (χ3v) is 9.09. The summed E-state index contributed by atoms with van der Waals surface area (Å²) in [4.78, 5) is 29.6. The van der Waals surface area contributed by atoms with Gasteiger partial charge in [-0.2, -0.15) is 0 Å². The summed E-state index contributed by atoms with van der Waals surface area (Å²) >= 11 is 0. The lowest BCUT2D eigenvalue weighted by atomic mass is 10.0. The zero-order valence-corrected chi connectivity index (χ0v) is 31.3. The number of rotatable bonds is 36. The molecule has 276 valence electrons. The van der Waals surface area contributed by atoms with Crippen LogP contribution in [0.4, 0.5) is 0 Å². The van der Waals surface area contributed by atoms with E-state index >= 15 is 0 Å². The molecule has 0 saturated carbocycles. The molecule has 0 aromatic carbocycles. The molecular formula is C40H79N5O2. The fraction of sp³-hybridized carbons (Fsp3) is 0.875. The Labute approximate surface area is 291 Å². The molecule has 1 unspecified atom stereocenters. The summed E-state index contributed by atoms with van der Waals surface area (Å²) in [5.41, 5.74) is 10.9. The largest absolute Gasteiger partial charge is 0.370 e. The van der Waals surface area contributed by atoms with E-state index in [4.69, 9.17) is 11.5 Å². The van der Waals surface area contributed by atoms with Crippen LogP contribution in [0, 0.1) is 0 Å². The maximum absolute atomic E-state index is 12.9. The van der Waals surface area contributed by atoms with Crippen molar-refractivity contribution in [1.29, 1.82) is 0 Å². The Bertz CT molecular complexity index is 751. The van der Waals surface area contributed by atoms with Gasteiger partial charge in [-0.05, 0) is 51.4 Å². The van der Waals surface area contributed by atoms with Gasteiger partial charge in [0.15, 0.2) is 5.96 Å². The number of nitrogens with two attached hydrogens (primary N) is 2. The normalized spacial score (nSPS) is 12.0. The van der Waals surface area contributed by atoms with E-state index in [9.17, 15) is 9.59 Å². The smallest absolute Gasteiger partial charge is 0.242 e. The van der Waals surface area contributed by atoms with Gasteiger partial charge in [0.05, 0.1) is 0 Å². The van der Waals surface area contributed by atoms with Crippen molar-refractivity contribution < 1.29 is 9.59 Å². The van der Waals surface area contributed by atoms with Gasteiger partial charge in [-0.3, -0.25) is 14.6 Å². The van der Waals surface area contributed by atoms with Gasteiger partial charge in [-0.15, -0.1) is 0 Å². The molecule has 0 heterocycles. The summed E-state index contributed by atoms with van der Waals surface area (Å²) in [6.45, 7) is 5.65. The van der Waals surface area contributed by atoms with Crippen LogP contribution in [-0.2, 0) is 9.59 Å². The molecule has 7 heteroatoms. The highest BCUT2D eigenvalue weighted by Crippen LogP contribution is 2.13. The highest BCUT2D eigenvalue weighted by atomic mass is 16.2. The minimum absolute atomic E-state index is 0.0406. The average Bonchev–Trinajstić information content (AvgIpc) is 3.05. The van der Waals surface area contributed by atoms with Crippen LogP contribution in [0.15, 0.2) is 17.1 Å². The number of nitrogens with zero attached hydrogens (tertiary/aromatic N) is 1. The summed E-state index contributed by atoms with van der Waals surface area (Å²) < 4.78 is 0. The van der Waals surface area contributed by atoms with Crippen molar-refractivity contribution in [1.82, 2.24) is 10.6 Å². The van der Waals surface area contributed by atoms with Gasteiger partial charge < -0.3 is 22.1 Å². The molecule has 0 fully saturated rings. The standard InChI is InChI=1S/C40H79N5O2/c1-3-5-7-9-11-13-15-17-19-20-22-24-26-28-30-34-38(46)45-37(33-32-36-44-40(41)42)39(47)43-35-31-29-27-25-23-21-18-16-14-12-10-8-6-4-2/h17,19,37H,3-16,18,20-36H2,1-2H3,(H,43,47)(H,45,46)(H4,41,42,44)/b19-17-. The molecular weight excluding hydrogens is 582 g/mol. The number of allylic oxidation sites excluding steroid dienone is 2. The quantitative estimate of drug-likeness (QED) is 0.0231. The summed E-state index contributed by atoms with van der Waals surface area (Å²) in [5, 5.41) is 6.04. The lowest BCUT2D eigenvalue weighted by Crippen LogP contribution is -2.47. The molecule has 1 atom stereocenters. The first-order valence-corrected chi connectivity index (χ1v) is 20.3. The molecule has 0 rings (SSSR count). The minimum Gasteiger partial charge on any atom is -0.370 e. The van der Waals surface area contributed by atoms with Crippen molar-refractivity contribution in [2.75, 3.05) is 13.1 Å². The first-order chi connectivity index (χ1) is 23.0. The fourth-order valence-corrected chi connectivity index (χ4v) is 6.05. The molecule has 0 aromatic heterocycles. The minimum atomic E-state index is -0.536. The molecule has 0 saturated heterocycles. The van der Waals surface area contributed by atoms with Crippen molar-refractivity contribution in [2.45, 2.75) is 213 Å². The monoisotopic (exact) mass is 662 g/mol. The van der Waals surface area contributed by atoms with Gasteiger partial charge in [-0.25, -0.2) is 0 Å². The Morgan fingerprint density at radius 1 is 0.574 bits per heavy atom. The average molecular weight is 662 g/mol. The Balaban J connectivity index is 4.01. The van der Waals surface area contributed by atoms with Crippen LogP contribution in [0.5, 0.6) is 0 Å². The van der Waals surface area contributed by atoms with Crippen LogP contribution in [0.2, 0.25) is 0 Å². The summed E-state index contributed by atoms with van der Waals surface area (Å²) in [6.07, 6.45) is 40.7. The molecule has 47 heavy (non-hydrogen) atoms. The highest BCUT2D eigenvalue weighted by molar-refractivity contribution is 5.87. The molecule has 0 radical (unpaired) electrons. The van der Waals surface area contributed by atoms with Crippen LogP contribution in [0.25, 0.3) is 0 Å². The first kappa shape index (κ1) is 45.0. The van der Waals surface area contributed by atoms with Crippen LogP contribution < -0.4 is 22.1 Å². The number of guanidine groups is 1. The second-order valence-corrected chi connectivity index (χ2v) is 13.8. The second-order valence-electron chi connectivity index (χ2n) is 13.8. The molecule has 0 aromatic rings. The zero-order chi connectivity index (χ0) is 34.5. The van der Waals surface area contributed by atoms with E-state index in [0.717, 1.165) is 38.5 Å². The maximum Gasteiger partial charge on any atom is 0.242 e. The number of carbonyl (C=O) groups is 2. The van der Waals surface area contributed by atoms with Crippen molar-refractivity contribution in [3.05, 3.63) is 12.2 Å². The van der Waals surface area contributed by atoms with Crippen molar-refractivity contribution >= 4 is 17.8 Å². The molecule has 2 amide bonds. The predicted molar refractivity (Wildman–Crippen MR) is 205 cm³/mol. The van der Waals surface area contributed by atoms with Gasteiger partial charge in [0.25, 0.3) is 0 Å². The number of hydrogen-bond acceptors (Lipinski definition) is 3. The molecule has 7 nitrogen and oxygen atoms in total. The number of nitrogens with one attached hydrogen (secondary N) is 2. The van der Waals surface area contributed by atoms with E-state index in [1.165, 1.54) is 135 Å². The van der Waals surface area contributed by atoms with E-state index < -0.39 is 6.04 Å². The molecule has 0 aliphatic heterocycles. The van der Waals surface area contributed by atoms with Gasteiger partial charge in [0.2, 0.25) is 11.8 Å². The number of hydrogen-bond donors (Lipinski definition) is 4. The van der Waals surface area contributed by atoms with Gasteiger partial charge in [-0.1, -0.05) is 161 Å². The highest BCUT2D eigenvalue weighted by Gasteiger charge is 2.19. The van der Waals surface area contributed by atoms with E-state index in [2.05, 4.69) is 41.6 Å². The Morgan fingerprint density at radius 2 is 1.00 bits per heavy atom. The first-order valence-electron chi connectivity index (χ1n) is 20.3. The number of amides is 2. The van der Waals surface area contributed by atoms with Crippen LogP contribution in [0.1, 0.15) is 206 Å². The third kappa shape index (κ3) is 35.1. The molecule has 0 spiro atoms. The molecule has 0 aliphatic rings. The van der Waals surface area contributed by atoms with Crippen LogP contribution in [0.3, 0.4) is 0 Å². The Kier molecular flexibility index (Phi) is 35.2. The Hall–Kier alpha value is -2.05. The van der Waals surface area contributed by atoms with E-state index in [1.54, 1.807) is 0 Å². The number of aliphatic imine (C=N–C) groups is 1. The molecule has 6 N–H and O–H groups in total. The van der Waals surface area contributed by atoms with Gasteiger partial charge in [0, 0.05) is 19.5 Å². The fourth-order valence-electron chi connectivity index (χ4n) is 6.05. The van der Waals surface area contributed by atoms with Gasteiger partial charge in [0.1, 0.15) is 6.04 Å². The molecule has 0 bridgehead atoms. The van der Waals surface area contributed by atoms with E-state index in [1.807, 2.05) is 0 Å². The zero-order valence-electron chi connectivity index (χ0n) is 31.3. The topological polar surface area (TPSA) is 123 Å². The number of unbranched alkanes of at least 4 members (excludes halogenated alkanes) is 24. The third-order valence-electron chi connectivity index (χ3n) is 9.09. The molecule has 0 aliphatic carbocycles. The summed E-state index contributed by atoms with van der Waals surface area (Å²) in [7, 11) is 0. The lowest BCUT2D eigenvalue weighted by Gasteiger charge is -2.18. The SMILES string of the molecule is CCCCCCCC/C=C\CCCCCCCC(=O)NC(CCCN=C(N)N)C(=O)NCCCCCCCCCCCCCCCC. The Morgan fingerprint density at radius 3 is 1.47 bits per heavy atom. The van der Waals surface area contributed by atoms with Crippen LogP contribution in [-0.4, -0.2) is 36.9 Å². The van der Waals surface area contributed by atoms with Crippen molar-refractivity contribution in [3.63, 3.8) is 0 Å². The van der Waals surface area contributed by atoms with E-state index in [0.29, 0.717) is 32.4 Å². The lowest BCUT2D eigenvalue weighted by molar-refractivity contribution is -0.129.